The average Bonchev–Trinajstić information content (AvgIpc) is 2.26. The highest BCUT2D eigenvalue weighted by Crippen LogP contribution is 2.12. The van der Waals surface area contributed by atoms with E-state index in [0.717, 1.165) is 13.0 Å². The summed E-state index contributed by atoms with van der Waals surface area (Å²) in [7, 11) is 1.86. The number of nitrogens with one attached hydrogen (secondary N) is 1. The van der Waals surface area contributed by atoms with Crippen LogP contribution in [-0.2, 0) is 0 Å². The second kappa shape index (κ2) is 6.02. The second-order valence-electron chi connectivity index (χ2n) is 3.34. The van der Waals surface area contributed by atoms with Crippen LogP contribution in [0, 0.1) is 5.82 Å². The molecule has 0 aliphatic rings. The average molecular weight is 223 g/mol. The Morgan fingerprint density at radius 1 is 1.56 bits per heavy atom. The lowest BCUT2D eigenvalue weighted by Gasteiger charge is -1.99. The molecule has 0 saturated carbocycles. The minimum Gasteiger partial charge on any atom is -0.478 e. The molecule has 1 aromatic carbocycles. The summed E-state index contributed by atoms with van der Waals surface area (Å²) in [6.45, 7) is 0.851. The first-order valence-corrected chi connectivity index (χ1v) is 4.99. The highest BCUT2D eigenvalue weighted by molar-refractivity contribution is 5.88. The van der Waals surface area contributed by atoms with Gasteiger partial charge in [0.15, 0.2) is 0 Å². The molecule has 0 atom stereocenters. The van der Waals surface area contributed by atoms with Crippen molar-refractivity contribution < 1.29 is 14.3 Å². The van der Waals surface area contributed by atoms with Crippen molar-refractivity contribution in [2.45, 2.75) is 6.42 Å². The van der Waals surface area contributed by atoms with Gasteiger partial charge in [-0.3, -0.25) is 0 Å². The zero-order valence-electron chi connectivity index (χ0n) is 9.03. The predicted octanol–water partition coefficient (Wildman–Crippen LogP) is 2.15. The number of carbonyl (C=O) groups is 1. The maximum absolute atomic E-state index is 13.0. The molecule has 1 aromatic rings. The van der Waals surface area contributed by atoms with E-state index in [0.29, 0.717) is 5.56 Å². The predicted molar refractivity (Wildman–Crippen MR) is 60.9 cm³/mol. The summed E-state index contributed by atoms with van der Waals surface area (Å²) in [4.78, 5) is 10.7. The van der Waals surface area contributed by atoms with E-state index in [2.05, 4.69) is 5.32 Å². The molecule has 0 aliphatic heterocycles. The van der Waals surface area contributed by atoms with Gasteiger partial charge in [0.1, 0.15) is 5.82 Å². The number of aromatic carboxylic acids is 1. The molecule has 0 aromatic heterocycles. The van der Waals surface area contributed by atoms with Crippen LogP contribution >= 0.6 is 0 Å². The Morgan fingerprint density at radius 3 is 2.94 bits per heavy atom. The van der Waals surface area contributed by atoms with Crippen LogP contribution in [0.25, 0.3) is 6.08 Å². The van der Waals surface area contributed by atoms with E-state index >= 15 is 0 Å². The van der Waals surface area contributed by atoms with Gasteiger partial charge in [-0.1, -0.05) is 18.2 Å². The molecule has 0 heterocycles. The van der Waals surface area contributed by atoms with E-state index < -0.39 is 11.8 Å². The van der Waals surface area contributed by atoms with Crippen molar-refractivity contribution in [2.24, 2.45) is 0 Å². The van der Waals surface area contributed by atoms with Crippen LogP contribution in [0.15, 0.2) is 24.3 Å². The number of benzene rings is 1. The molecule has 0 unspecified atom stereocenters. The van der Waals surface area contributed by atoms with E-state index in [4.69, 9.17) is 5.11 Å². The van der Waals surface area contributed by atoms with Gasteiger partial charge in [-0.05, 0) is 37.7 Å². The molecule has 3 nitrogen and oxygen atoms in total. The molecule has 0 spiro atoms. The quantitative estimate of drug-likeness (QED) is 0.752. The van der Waals surface area contributed by atoms with Crippen LogP contribution in [-0.4, -0.2) is 24.7 Å². The van der Waals surface area contributed by atoms with Crippen molar-refractivity contribution in [1.29, 1.82) is 0 Å². The summed E-state index contributed by atoms with van der Waals surface area (Å²) in [5, 5.41) is 11.7. The first-order valence-electron chi connectivity index (χ1n) is 4.99. The second-order valence-corrected chi connectivity index (χ2v) is 3.34. The van der Waals surface area contributed by atoms with E-state index in [9.17, 15) is 9.18 Å². The molecule has 16 heavy (non-hydrogen) atoms. The normalized spacial score (nSPS) is 10.9. The summed E-state index contributed by atoms with van der Waals surface area (Å²) in [6, 6.07) is 4.05. The molecule has 86 valence electrons. The van der Waals surface area contributed by atoms with Crippen molar-refractivity contribution in [1.82, 2.24) is 5.32 Å². The standard InChI is InChI=1S/C12H14FNO2/c1-14-7-3-2-4-9-5-6-11(13)10(8-9)12(15)16/h2,4-6,8,14H,3,7H2,1H3,(H,15,16). The third-order valence-corrected chi connectivity index (χ3v) is 2.09. The van der Waals surface area contributed by atoms with Gasteiger partial charge < -0.3 is 10.4 Å². The van der Waals surface area contributed by atoms with Crippen LogP contribution in [0.3, 0.4) is 0 Å². The monoisotopic (exact) mass is 223 g/mol. The Hall–Kier alpha value is -1.68. The fraction of sp³-hybridized carbons (Fsp3) is 0.250. The highest BCUT2D eigenvalue weighted by atomic mass is 19.1. The summed E-state index contributed by atoms with van der Waals surface area (Å²) in [5.41, 5.74) is 0.394. The van der Waals surface area contributed by atoms with Gasteiger partial charge in [0.05, 0.1) is 5.56 Å². The molecule has 0 amide bonds. The lowest BCUT2D eigenvalue weighted by atomic mass is 10.1. The Morgan fingerprint density at radius 2 is 2.31 bits per heavy atom. The summed E-state index contributed by atoms with van der Waals surface area (Å²) in [5.74, 6) is -1.96. The molecule has 0 aliphatic carbocycles. The van der Waals surface area contributed by atoms with Crippen molar-refractivity contribution in [2.75, 3.05) is 13.6 Å². The SMILES string of the molecule is CNCCC=Cc1ccc(F)c(C(=O)O)c1. The zero-order valence-corrected chi connectivity index (χ0v) is 9.03. The van der Waals surface area contributed by atoms with Crippen molar-refractivity contribution >= 4 is 12.0 Å². The number of carboxylic acid groups (broad SMARTS) is 1. The van der Waals surface area contributed by atoms with Gasteiger partial charge in [0, 0.05) is 0 Å². The van der Waals surface area contributed by atoms with E-state index in [1.54, 1.807) is 12.1 Å². The molecule has 0 saturated heterocycles. The van der Waals surface area contributed by atoms with Gasteiger partial charge in [0.2, 0.25) is 0 Å². The summed E-state index contributed by atoms with van der Waals surface area (Å²) in [6.07, 6.45) is 4.54. The van der Waals surface area contributed by atoms with Crippen LogP contribution in [0.2, 0.25) is 0 Å². The van der Waals surface area contributed by atoms with Gasteiger partial charge in [-0.15, -0.1) is 0 Å². The lowest BCUT2D eigenvalue weighted by Crippen LogP contribution is -2.05. The smallest absolute Gasteiger partial charge is 0.338 e. The molecule has 0 radical (unpaired) electrons. The van der Waals surface area contributed by atoms with Crippen molar-refractivity contribution in [3.63, 3.8) is 0 Å². The third-order valence-electron chi connectivity index (χ3n) is 2.09. The van der Waals surface area contributed by atoms with Crippen LogP contribution in [0.5, 0.6) is 0 Å². The zero-order chi connectivity index (χ0) is 12.0. The Labute approximate surface area is 93.6 Å². The molecule has 1 rings (SSSR count). The molecular weight excluding hydrogens is 209 g/mol. The first kappa shape index (κ1) is 12.4. The maximum Gasteiger partial charge on any atom is 0.338 e. The molecule has 4 heteroatoms. The number of hydrogen-bond acceptors (Lipinski definition) is 2. The minimum absolute atomic E-state index is 0.296. The van der Waals surface area contributed by atoms with Crippen molar-refractivity contribution in [3.8, 4) is 0 Å². The fourth-order valence-electron chi connectivity index (χ4n) is 1.26. The topological polar surface area (TPSA) is 49.3 Å². The van der Waals surface area contributed by atoms with Gasteiger partial charge >= 0.3 is 5.97 Å². The van der Waals surface area contributed by atoms with E-state index in [1.807, 2.05) is 13.1 Å². The van der Waals surface area contributed by atoms with Crippen LogP contribution in [0.1, 0.15) is 22.3 Å². The molecule has 0 bridgehead atoms. The van der Waals surface area contributed by atoms with Gasteiger partial charge in [-0.2, -0.15) is 0 Å². The number of hydrogen-bond donors (Lipinski definition) is 2. The van der Waals surface area contributed by atoms with Gasteiger partial charge in [-0.25, -0.2) is 9.18 Å². The van der Waals surface area contributed by atoms with E-state index in [1.165, 1.54) is 12.1 Å². The molecular formula is C12H14FNO2. The largest absolute Gasteiger partial charge is 0.478 e. The lowest BCUT2D eigenvalue weighted by molar-refractivity contribution is 0.0692. The van der Waals surface area contributed by atoms with Crippen LogP contribution < -0.4 is 5.32 Å². The molecule has 2 N–H and O–H groups in total. The Kier molecular flexibility index (Phi) is 4.66. The number of rotatable bonds is 5. The summed E-state index contributed by atoms with van der Waals surface area (Å²) >= 11 is 0. The first-order chi connectivity index (χ1) is 7.65. The highest BCUT2D eigenvalue weighted by Gasteiger charge is 2.09. The fourth-order valence-corrected chi connectivity index (χ4v) is 1.26. The van der Waals surface area contributed by atoms with Gasteiger partial charge in [0.25, 0.3) is 0 Å². The maximum atomic E-state index is 13.0. The third kappa shape index (κ3) is 3.47. The van der Waals surface area contributed by atoms with E-state index in [-0.39, 0.29) is 5.56 Å². The Bertz CT molecular complexity index is 402. The molecule has 0 fully saturated rings. The number of halogens is 1. The summed E-state index contributed by atoms with van der Waals surface area (Å²) < 4.78 is 13.0. The van der Waals surface area contributed by atoms with Crippen molar-refractivity contribution in [3.05, 3.63) is 41.2 Å². The number of carboxylic acids is 1. The van der Waals surface area contributed by atoms with Crippen LogP contribution in [0.4, 0.5) is 4.39 Å². The Balaban J connectivity index is 2.78. The minimum atomic E-state index is -1.25.